The van der Waals surface area contributed by atoms with Crippen molar-refractivity contribution in [1.82, 2.24) is 10.6 Å². The number of nitrogens with one attached hydrogen (secondary N) is 2. The maximum absolute atomic E-state index is 12.6. The van der Waals surface area contributed by atoms with Crippen LogP contribution in [-0.2, 0) is 19.2 Å². The van der Waals surface area contributed by atoms with Crippen LogP contribution >= 0.6 is 0 Å². The van der Waals surface area contributed by atoms with Crippen molar-refractivity contribution in [2.24, 2.45) is 11.8 Å². The van der Waals surface area contributed by atoms with Gasteiger partial charge < -0.3 is 30.4 Å². The number of carbonyl (C=O) groups is 4. The van der Waals surface area contributed by atoms with Gasteiger partial charge in [-0.2, -0.15) is 0 Å². The minimum atomic E-state index is -1.18. The number of unbranched alkanes of at least 4 members (excludes halogenated alkanes) is 21. The van der Waals surface area contributed by atoms with Crippen LogP contribution in [0.15, 0.2) is 0 Å². The first-order chi connectivity index (χ1) is 22.3. The normalized spacial score (nSPS) is 12.0. The van der Waals surface area contributed by atoms with Gasteiger partial charge in [0, 0.05) is 36.9 Å². The topological polar surface area (TPSA) is 138 Å². The average Bonchev–Trinajstić information content (AvgIpc) is 3.02. The predicted octanol–water partition coefficient (Wildman–Crippen LogP) is 0.922. The molecule has 2 unspecified atom stereocenters. The van der Waals surface area contributed by atoms with Gasteiger partial charge >= 0.3 is 59.1 Å². The van der Waals surface area contributed by atoms with Gasteiger partial charge in [-0.1, -0.05) is 155 Å². The van der Waals surface area contributed by atoms with E-state index in [9.17, 15) is 29.4 Å². The van der Waals surface area contributed by atoms with Crippen molar-refractivity contribution in [3.8, 4) is 0 Å². The van der Waals surface area contributed by atoms with Crippen molar-refractivity contribution in [3.05, 3.63) is 0 Å². The summed E-state index contributed by atoms with van der Waals surface area (Å²) in [6, 6.07) is 0. The van der Waals surface area contributed by atoms with Gasteiger partial charge in [0.05, 0.1) is 0 Å². The zero-order chi connectivity index (χ0) is 34.1. The van der Waals surface area contributed by atoms with Gasteiger partial charge in [-0.25, -0.2) is 0 Å². The Morgan fingerprint density at radius 1 is 0.417 bits per heavy atom. The minimum absolute atomic E-state index is 0. The zero-order valence-corrected chi connectivity index (χ0v) is 35.8. The molecule has 0 rings (SSSR count). The minimum Gasteiger partial charge on any atom is -0.550 e. The number of amides is 2. The van der Waals surface area contributed by atoms with Crippen molar-refractivity contribution in [1.29, 1.82) is 0 Å². The molecule has 0 aromatic heterocycles. The number of carbonyl (C=O) groups excluding carboxylic acids is 4. The molecule has 10 heteroatoms. The van der Waals surface area contributed by atoms with E-state index in [4.69, 9.17) is 0 Å². The third-order valence-corrected chi connectivity index (χ3v) is 9.08. The third kappa shape index (κ3) is 35.7. The van der Waals surface area contributed by atoms with E-state index in [0.717, 1.165) is 64.2 Å². The van der Waals surface area contributed by atoms with Crippen LogP contribution in [0, 0.1) is 11.8 Å². The van der Waals surface area contributed by atoms with E-state index in [-0.39, 0.29) is 83.8 Å². The van der Waals surface area contributed by atoms with Gasteiger partial charge in [0.25, 0.3) is 0 Å². The summed E-state index contributed by atoms with van der Waals surface area (Å²) in [7, 11) is 0. The molecule has 0 aliphatic carbocycles. The number of carboxylic acids is 2. The summed E-state index contributed by atoms with van der Waals surface area (Å²) in [5, 5.41) is 28.2. The van der Waals surface area contributed by atoms with Crippen LogP contribution in [0.5, 0.6) is 0 Å². The fourth-order valence-electron chi connectivity index (χ4n) is 6.13. The van der Waals surface area contributed by atoms with Crippen molar-refractivity contribution in [3.63, 3.8) is 0 Å². The molecular formula is C38H70N2Na2O6. The van der Waals surface area contributed by atoms with Crippen molar-refractivity contribution < 1.29 is 88.5 Å². The van der Waals surface area contributed by atoms with Crippen LogP contribution < -0.4 is 80.0 Å². The van der Waals surface area contributed by atoms with Crippen LogP contribution in [0.4, 0.5) is 0 Å². The first-order valence-corrected chi connectivity index (χ1v) is 19.3. The van der Waals surface area contributed by atoms with Gasteiger partial charge in [-0.15, -0.1) is 0 Å². The molecular weight excluding hydrogens is 626 g/mol. The molecule has 270 valence electrons. The monoisotopic (exact) mass is 697 g/mol. The summed E-state index contributed by atoms with van der Waals surface area (Å²) in [6.07, 6.45) is 27.9. The summed E-state index contributed by atoms with van der Waals surface area (Å²) >= 11 is 0. The summed E-state index contributed by atoms with van der Waals surface area (Å²) < 4.78 is 0. The molecule has 2 N–H and O–H groups in total. The van der Waals surface area contributed by atoms with Crippen LogP contribution in [0.3, 0.4) is 0 Å². The number of aliphatic carboxylic acids is 2. The number of hydrogen-bond donors (Lipinski definition) is 2. The van der Waals surface area contributed by atoms with Crippen LogP contribution in [0.2, 0.25) is 0 Å². The van der Waals surface area contributed by atoms with E-state index in [1.54, 1.807) is 0 Å². The fraction of sp³-hybridized carbons (Fsp3) is 0.895. The second-order valence-corrected chi connectivity index (χ2v) is 13.5. The van der Waals surface area contributed by atoms with Crippen LogP contribution in [0.25, 0.3) is 0 Å². The second-order valence-electron chi connectivity index (χ2n) is 13.5. The third-order valence-electron chi connectivity index (χ3n) is 9.08. The summed E-state index contributed by atoms with van der Waals surface area (Å²) in [4.78, 5) is 47.6. The van der Waals surface area contributed by atoms with Crippen molar-refractivity contribution in [2.75, 3.05) is 13.1 Å². The molecule has 0 aliphatic rings. The molecule has 0 bridgehead atoms. The molecule has 0 aliphatic heterocycles. The first kappa shape index (κ1) is 52.2. The average molecular weight is 697 g/mol. The van der Waals surface area contributed by atoms with E-state index in [1.807, 2.05) is 0 Å². The molecule has 0 saturated carbocycles. The Balaban J connectivity index is -0.0000101. The van der Waals surface area contributed by atoms with E-state index < -0.39 is 23.8 Å². The van der Waals surface area contributed by atoms with E-state index in [2.05, 4.69) is 24.5 Å². The zero-order valence-electron chi connectivity index (χ0n) is 31.8. The number of hydrogen-bond acceptors (Lipinski definition) is 6. The first-order valence-electron chi connectivity index (χ1n) is 19.3. The molecule has 0 heterocycles. The Hall–Kier alpha value is -0.120. The standard InChI is InChI=1S/C38H72N2O6.2Na/c1-3-5-7-9-11-13-15-17-19-23-27-33(31-35(41)42)37(45)39-29-25-21-22-26-30-40-38(46)34(32-36(43)44)28-24-20-18-16-14-12-10-8-6-4-2;;/h33-34H,3-32H2,1-2H3,(H,39,45)(H,40,46)(H,41,42)(H,43,44);;/q;2*+1/p-2. The molecule has 0 aromatic rings. The van der Waals surface area contributed by atoms with Gasteiger partial charge in [0.15, 0.2) is 0 Å². The Morgan fingerprint density at radius 3 is 0.938 bits per heavy atom. The number of rotatable bonds is 35. The maximum Gasteiger partial charge on any atom is 1.00 e. The molecule has 0 spiro atoms. The summed E-state index contributed by atoms with van der Waals surface area (Å²) in [6.45, 7) is 5.45. The smallest absolute Gasteiger partial charge is 0.550 e. The Kier molecular flexibility index (Phi) is 43.2. The largest absolute Gasteiger partial charge is 1.00 e. The van der Waals surface area contributed by atoms with Gasteiger partial charge in [0.1, 0.15) is 0 Å². The van der Waals surface area contributed by atoms with Crippen LogP contribution in [-0.4, -0.2) is 36.8 Å². The Labute approximate surface area is 338 Å². The second kappa shape index (κ2) is 39.7. The summed E-state index contributed by atoms with van der Waals surface area (Å²) in [5.41, 5.74) is 0. The van der Waals surface area contributed by atoms with Gasteiger partial charge in [-0.3, -0.25) is 9.59 Å². The fourth-order valence-corrected chi connectivity index (χ4v) is 6.13. The van der Waals surface area contributed by atoms with Crippen LogP contribution in [0.1, 0.15) is 194 Å². The molecule has 0 fully saturated rings. The molecule has 2 amide bonds. The molecule has 48 heavy (non-hydrogen) atoms. The van der Waals surface area contributed by atoms with Gasteiger partial charge in [-0.05, 0) is 38.5 Å². The number of carboxylic acid groups (broad SMARTS) is 2. The quantitative estimate of drug-likeness (QED) is 0.0747. The van der Waals surface area contributed by atoms with Gasteiger partial charge in [0.2, 0.25) is 11.8 Å². The molecule has 8 nitrogen and oxygen atoms in total. The molecule has 0 saturated heterocycles. The van der Waals surface area contributed by atoms with E-state index >= 15 is 0 Å². The van der Waals surface area contributed by atoms with E-state index in [1.165, 1.54) is 89.9 Å². The van der Waals surface area contributed by atoms with Crippen molar-refractivity contribution in [2.45, 2.75) is 194 Å². The Bertz CT molecular complexity index is 709. The maximum atomic E-state index is 12.6. The summed E-state index contributed by atoms with van der Waals surface area (Å²) in [5.74, 6) is -3.84. The molecule has 2 atom stereocenters. The molecule has 0 aromatic carbocycles. The van der Waals surface area contributed by atoms with Crippen molar-refractivity contribution >= 4 is 23.8 Å². The predicted molar refractivity (Wildman–Crippen MR) is 184 cm³/mol. The van der Waals surface area contributed by atoms with E-state index in [0.29, 0.717) is 25.9 Å². The Morgan fingerprint density at radius 2 is 0.667 bits per heavy atom. The molecule has 0 radical (unpaired) electrons. The SMILES string of the molecule is CCCCCCCCCCCCC(CC(=O)[O-])C(=O)NCCCCCCNC(=O)C(CCCCCCCCCCCC)CC(=O)[O-].[Na+].[Na+].